The van der Waals surface area contributed by atoms with Gasteiger partial charge in [-0.1, -0.05) is 5.57 Å². The van der Waals surface area contributed by atoms with E-state index in [-0.39, 0.29) is 11.4 Å². The van der Waals surface area contributed by atoms with E-state index in [9.17, 15) is 4.79 Å². The monoisotopic (exact) mass is 353 g/mol. The molecule has 1 N–H and O–H groups in total. The highest BCUT2D eigenvalue weighted by Crippen LogP contribution is 2.36. The van der Waals surface area contributed by atoms with Gasteiger partial charge in [0.2, 0.25) is 0 Å². The number of carbonyl (C=O) groups is 1. The Morgan fingerprint density at radius 3 is 2.69 bits per heavy atom. The predicted octanol–water partition coefficient (Wildman–Crippen LogP) is 2.77. The molecule has 6 heteroatoms. The number of hydrogen-bond donors (Lipinski definition) is 1. The lowest BCUT2D eigenvalue weighted by atomic mass is 9.99. The molecular weight excluding hydrogens is 326 g/mol. The molecule has 1 fully saturated rings. The highest BCUT2D eigenvalue weighted by molar-refractivity contribution is 5.98. The molecule has 1 aliphatic carbocycles. The van der Waals surface area contributed by atoms with Crippen molar-refractivity contribution in [3.8, 4) is 0 Å². The summed E-state index contributed by atoms with van der Waals surface area (Å²) in [5, 5.41) is 3.45. The minimum Gasteiger partial charge on any atom is -0.365 e. The van der Waals surface area contributed by atoms with E-state index in [1.807, 2.05) is 31.9 Å². The zero-order valence-corrected chi connectivity index (χ0v) is 16.1. The van der Waals surface area contributed by atoms with Crippen molar-refractivity contribution in [1.82, 2.24) is 20.2 Å². The normalized spacial score (nSPS) is 18.4. The number of fused-ring (bicyclic) bond motifs is 1. The average Bonchev–Trinajstić information content (AvgIpc) is 3.36. The number of nitrogens with one attached hydrogen (secondary N) is 1. The summed E-state index contributed by atoms with van der Waals surface area (Å²) < 4.78 is 0. The largest absolute Gasteiger partial charge is 0.365 e. The predicted molar refractivity (Wildman–Crippen MR) is 103 cm³/mol. The summed E-state index contributed by atoms with van der Waals surface area (Å²) in [6, 6.07) is 0. The van der Waals surface area contributed by atoms with Crippen LogP contribution in [0.4, 0.5) is 0 Å². The van der Waals surface area contributed by atoms with Gasteiger partial charge >= 0.3 is 0 Å². The Kier molecular flexibility index (Phi) is 4.94. The van der Waals surface area contributed by atoms with Crippen molar-refractivity contribution in [3.63, 3.8) is 0 Å². The van der Waals surface area contributed by atoms with Crippen LogP contribution in [0.2, 0.25) is 0 Å². The van der Waals surface area contributed by atoms with Crippen LogP contribution >= 0.6 is 0 Å². The molecule has 0 aromatic carbocycles. The van der Waals surface area contributed by atoms with Gasteiger partial charge in [-0.25, -0.2) is 15.0 Å². The highest BCUT2D eigenvalue weighted by atomic mass is 16.2. The van der Waals surface area contributed by atoms with Crippen LogP contribution in [0.5, 0.6) is 0 Å². The van der Waals surface area contributed by atoms with Gasteiger partial charge in [0.15, 0.2) is 0 Å². The minimum atomic E-state index is 0.0238. The van der Waals surface area contributed by atoms with E-state index in [0.29, 0.717) is 24.5 Å². The van der Waals surface area contributed by atoms with Gasteiger partial charge in [-0.05, 0) is 59.2 Å². The molecule has 1 saturated carbocycles. The number of amides is 1. The Bertz CT molecular complexity index is 800. The molecule has 0 saturated heterocycles. The maximum atomic E-state index is 13.3. The number of carbonyl (C=O) groups excluding carboxylic acids is 1. The summed E-state index contributed by atoms with van der Waals surface area (Å²) in [7, 11) is 0. The quantitative estimate of drug-likeness (QED) is 0.502. The molecule has 26 heavy (non-hydrogen) atoms. The molecule has 0 unspecified atom stereocenters. The molecule has 1 aliphatic heterocycles. The molecule has 0 spiro atoms. The van der Waals surface area contributed by atoms with E-state index in [1.165, 1.54) is 0 Å². The van der Waals surface area contributed by atoms with E-state index < -0.39 is 0 Å². The Morgan fingerprint density at radius 2 is 2.08 bits per heavy atom. The van der Waals surface area contributed by atoms with Crippen LogP contribution in [0.15, 0.2) is 40.1 Å². The molecule has 6 nitrogen and oxygen atoms in total. The SMILES string of the molecule is C=N/C(NC1(C)CC1)=C(\C)C(C(=O)N1CCc2cncnc2C1)=C(C)C. The van der Waals surface area contributed by atoms with Crippen LogP contribution in [-0.2, 0) is 17.8 Å². The molecule has 1 aromatic heterocycles. The second-order valence-electron chi connectivity index (χ2n) is 7.66. The first kappa shape index (κ1) is 18.3. The third-order valence-corrected chi connectivity index (χ3v) is 5.18. The maximum absolute atomic E-state index is 13.3. The average molecular weight is 353 g/mol. The van der Waals surface area contributed by atoms with E-state index in [4.69, 9.17) is 0 Å². The summed E-state index contributed by atoms with van der Waals surface area (Å²) >= 11 is 0. The fourth-order valence-corrected chi connectivity index (χ4v) is 3.30. The zero-order valence-electron chi connectivity index (χ0n) is 16.1. The summed E-state index contributed by atoms with van der Waals surface area (Å²) in [5.41, 5.74) is 4.67. The van der Waals surface area contributed by atoms with Gasteiger partial charge < -0.3 is 10.2 Å². The maximum Gasteiger partial charge on any atom is 0.254 e. The van der Waals surface area contributed by atoms with Gasteiger partial charge in [-0.3, -0.25) is 4.79 Å². The molecule has 138 valence electrons. The first-order valence-corrected chi connectivity index (χ1v) is 9.05. The topological polar surface area (TPSA) is 70.5 Å². The molecule has 1 amide bonds. The highest BCUT2D eigenvalue weighted by Gasteiger charge is 2.38. The van der Waals surface area contributed by atoms with Crippen molar-refractivity contribution >= 4 is 12.6 Å². The molecular formula is C20H27N5O. The van der Waals surface area contributed by atoms with E-state index in [2.05, 4.69) is 33.9 Å². The van der Waals surface area contributed by atoms with Gasteiger partial charge in [0.1, 0.15) is 12.1 Å². The van der Waals surface area contributed by atoms with Crippen LogP contribution in [0.25, 0.3) is 0 Å². The fourth-order valence-electron chi connectivity index (χ4n) is 3.30. The van der Waals surface area contributed by atoms with Gasteiger partial charge in [0.25, 0.3) is 5.91 Å². The Balaban J connectivity index is 1.87. The first-order chi connectivity index (χ1) is 12.3. The fraction of sp³-hybridized carbons (Fsp3) is 0.500. The Labute approximate surface area is 155 Å². The molecule has 0 bridgehead atoms. The summed E-state index contributed by atoms with van der Waals surface area (Å²) in [6.07, 6.45) is 6.39. The lowest BCUT2D eigenvalue weighted by Gasteiger charge is -2.29. The van der Waals surface area contributed by atoms with Crippen molar-refractivity contribution in [1.29, 1.82) is 0 Å². The lowest BCUT2D eigenvalue weighted by Crippen LogP contribution is -2.38. The molecule has 1 aromatic rings. The van der Waals surface area contributed by atoms with Gasteiger partial charge in [-0.2, -0.15) is 0 Å². The van der Waals surface area contributed by atoms with Crippen molar-refractivity contribution in [2.24, 2.45) is 4.99 Å². The number of aromatic nitrogens is 2. The number of aliphatic imine (C=N–C) groups is 1. The number of nitrogens with zero attached hydrogens (tertiary/aromatic N) is 4. The molecule has 3 rings (SSSR count). The van der Waals surface area contributed by atoms with Crippen LogP contribution in [0.3, 0.4) is 0 Å². The van der Waals surface area contributed by atoms with Crippen LogP contribution in [0.1, 0.15) is 51.8 Å². The molecule has 0 atom stereocenters. The van der Waals surface area contributed by atoms with Gasteiger partial charge in [0.05, 0.1) is 12.2 Å². The number of allylic oxidation sites excluding steroid dienone is 1. The lowest BCUT2D eigenvalue weighted by molar-refractivity contribution is -0.127. The Hall–Kier alpha value is -2.50. The van der Waals surface area contributed by atoms with Crippen molar-refractivity contribution in [3.05, 3.63) is 46.3 Å². The number of hydrogen-bond acceptors (Lipinski definition) is 5. The van der Waals surface area contributed by atoms with Crippen molar-refractivity contribution < 1.29 is 4.79 Å². The number of rotatable bonds is 5. The van der Waals surface area contributed by atoms with Crippen LogP contribution in [-0.4, -0.2) is 39.6 Å². The zero-order chi connectivity index (χ0) is 18.9. The standard InChI is InChI=1S/C20H27N5O/c1-13(2)17(14(3)18(21-5)24-20(4)7-8-20)19(26)25-9-6-15-10-22-12-23-16(15)11-25/h10,12,24H,5-9,11H2,1-4H3/b18-14-. The second-order valence-corrected chi connectivity index (χ2v) is 7.66. The smallest absolute Gasteiger partial charge is 0.254 e. The van der Waals surface area contributed by atoms with E-state index >= 15 is 0 Å². The molecule has 2 heterocycles. The first-order valence-electron chi connectivity index (χ1n) is 9.05. The van der Waals surface area contributed by atoms with Crippen molar-refractivity contribution in [2.75, 3.05) is 6.54 Å². The van der Waals surface area contributed by atoms with Crippen LogP contribution in [0, 0.1) is 0 Å². The van der Waals surface area contributed by atoms with E-state index in [0.717, 1.165) is 41.7 Å². The minimum absolute atomic E-state index is 0.0238. The van der Waals surface area contributed by atoms with Gasteiger partial charge in [0, 0.05) is 29.4 Å². The van der Waals surface area contributed by atoms with Crippen molar-refractivity contribution in [2.45, 2.75) is 59.0 Å². The Morgan fingerprint density at radius 1 is 1.35 bits per heavy atom. The second kappa shape index (κ2) is 7.02. The molecule has 0 radical (unpaired) electrons. The third-order valence-electron chi connectivity index (χ3n) is 5.18. The molecule has 2 aliphatic rings. The third kappa shape index (κ3) is 3.69. The van der Waals surface area contributed by atoms with E-state index in [1.54, 1.807) is 6.33 Å². The summed E-state index contributed by atoms with van der Waals surface area (Å²) in [6.45, 7) is 12.9. The van der Waals surface area contributed by atoms with Crippen LogP contribution < -0.4 is 5.32 Å². The summed E-state index contributed by atoms with van der Waals surface area (Å²) in [4.78, 5) is 27.7. The van der Waals surface area contributed by atoms with Gasteiger partial charge in [-0.15, -0.1) is 0 Å². The summed E-state index contributed by atoms with van der Waals surface area (Å²) in [5.74, 6) is 0.727.